The van der Waals surface area contributed by atoms with Crippen LogP contribution >= 0.6 is 0 Å². The molecule has 2 amide bonds. The molecular formula is C21H29N3O2. The van der Waals surface area contributed by atoms with E-state index in [1.165, 1.54) is 5.56 Å². The Labute approximate surface area is 156 Å². The van der Waals surface area contributed by atoms with Gasteiger partial charge in [-0.3, -0.25) is 0 Å². The fourth-order valence-electron chi connectivity index (χ4n) is 2.78. The molecule has 2 aromatic rings. The van der Waals surface area contributed by atoms with Crippen LogP contribution in [0.15, 0.2) is 48.5 Å². The second kappa shape index (κ2) is 9.82. The third-order valence-electron chi connectivity index (χ3n) is 4.21. The molecule has 0 aliphatic heterocycles. The third-order valence-corrected chi connectivity index (χ3v) is 4.21. The molecular weight excluding hydrogens is 326 g/mol. The van der Waals surface area contributed by atoms with Gasteiger partial charge in [0.2, 0.25) is 0 Å². The van der Waals surface area contributed by atoms with Crippen molar-refractivity contribution in [2.75, 3.05) is 21.2 Å². The van der Waals surface area contributed by atoms with E-state index in [9.17, 15) is 4.79 Å². The maximum atomic E-state index is 12.2. The highest BCUT2D eigenvalue weighted by Gasteiger charge is 2.12. The van der Waals surface area contributed by atoms with Crippen molar-refractivity contribution >= 4 is 6.03 Å². The number of nitrogens with zero attached hydrogens (tertiary/aromatic N) is 1. The van der Waals surface area contributed by atoms with Crippen molar-refractivity contribution < 1.29 is 9.53 Å². The number of nitrogens with one attached hydrogen (secondary N) is 2. The van der Waals surface area contributed by atoms with Crippen LogP contribution in [0.3, 0.4) is 0 Å². The number of rotatable bonds is 8. The molecule has 140 valence electrons. The minimum absolute atomic E-state index is 0.0247. The maximum absolute atomic E-state index is 12.2. The molecule has 0 aliphatic rings. The number of urea groups is 1. The highest BCUT2D eigenvalue weighted by molar-refractivity contribution is 5.74. The number of hydrogen-bond acceptors (Lipinski definition) is 3. The Kier molecular flexibility index (Phi) is 7.48. The average molecular weight is 355 g/mol. The molecule has 5 nitrogen and oxygen atoms in total. The molecule has 1 unspecified atom stereocenters. The summed E-state index contributed by atoms with van der Waals surface area (Å²) in [6.07, 6.45) is 0.818. The number of carbonyl (C=O) groups is 1. The van der Waals surface area contributed by atoms with E-state index in [0.29, 0.717) is 6.54 Å². The summed E-state index contributed by atoms with van der Waals surface area (Å²) < 4.78 is 5.18. The molecule has 0 spiro atoms. The molecule has 1 atom stereocenters. The smallest absolute Gasteiger partial charge is 0.315 e. The number of carbonyl (C=O) groups excluding carboxylic acids is 1. The van der Waals surface area contributed by atoms with Crippen LogP contribution in [0.25, 0.3) is 0 Å². The van der Waals surface area contributed by atoms with Gasteiger partial charge in [0.1, 0.15) is 5.75 Å². The lowest BCUT2D eigenvalue weighted by Gasteiger charge is -2.18. The largest absolute Gasteiger partial charge is 0.497 e. The second-order valence-electron chi connectivity index (χ2n) is 6.62. The Morgan fingerprint density at radius 1 is 1.04 bits per heavy atom. The molecule has 5 heteroatoms. The molecule has 0 heterocycles. The molecule has 0 bridgehead atoms. The molecule has 2 N–H and O–H groups in total. The standard InChI is InChI=1S/C21H29N3O2/c1-5-20(18-10-12-19(26-4)13-11-18)23-21(25)22-14-16-6-8-17(9-7-16)15-24(2)3/h6-13,20H,5,14-15H2,1-4H3,(H2,22,23,25). The second-order valence-corrected chi connectivity index (χ2v) is 6.62. The zero-order chi connectivity index (χ0) is 18.9. The highest BCUT2D eigenvalue weighted by Crippen LogP contribution is 2.20. The summed E-state index contributed by atoms with van der Waals surface area (Å²) in [6.45, 7) is 3.47. The normalized spacial score (nSPS) is 11.9. The molecule has 0 saturated heterocycles. The predicted molar refractivity (Wildman–Crippen MR) is 105 cm³/mol. The molecule has 0 fully saturated rings. The summed E-state index contributed by atoms with van der Waals surface area (Å²) in [5.74, 6) is 0.811. The van der Waals surface area contributed by atoms with E-state index < -0.39 is 0 Å². The van der Waals surface area contributed by atoms with Crippen LogP contribution in [0.5, 0.6) is 5.75 Å². The van der Waals surface area contributed by atoms with Gasteiger partial charge in [0, 0.05) is 13.1 Å². The van der Waals surface area contributed by atoms with Gasteiger partial charge in [-0.05, 0) is 49.3 Å². The molecule has 0 aliphatic carbocycles. The van der Waals surface area contributed by atoms with E-state index in [4.69, 9.17) is 4.74 Å². The van der Waals surface area contributed by atoms with Crippen LogP contribution in [-0.4, -0.2) is 32.1 Å². The lowest BCUT2D eigenvalue weighted by molar-refractivity contribution is 0.236. The maximum Gasteiger partial charge on any atom is 0.315 e. The van der Waals surface area contributed by atoms with Crippen LogP contribution in [0.4, 0.5) is 4.79 Å². The summed E-state index contributed by atoms with van der Waals surface area (Å²) in [7, 11) is 5.74. The van der Waals surface area contributed by atoms with Crippen LogP contribution in [-0.2, 0) is 13.1 Å². The van der Waals surface area contributed by atoms with Gasteiger partial charge < -0.3 is 20.3 Å². The molecule has 0 saturated carbocycles. The summed E-state index contributed by atoms with van der Waals surface area (Å²) in [4.78, 5) is 14.4. The average Bonchev–Trinajstić information content (AvgIpc) is 2.65. The molecule has 26 heavy (non-hydrogen) atoms. The number of amides is 2. The minimum atomic E-state index is -0.162. The molecule has 0 radical (unpaired) electrons. The van der Waals surface area contributed by atoms with Gasteiger partial charge >= 0.3 is 6.03 Å². The first-order chi connectivity index (χ1) is 12.5. The monoisotopic (exact) mass is 355 g/mol. The van der Waals surface area contributed by atoms with Crippen LogP contribution in [0.1, 0.15) is 36.1 Å². The zero-order valence-corrected chi connectivity index (χ0v) is 16.1. The van der Waals surface area contributed by atoms with E-state index in [1.807, 2.05) is 38.4 Å². The first kappa shape index (κ1) is 19.8. The van der Waals surface area contributed by atoms with E-state index >= 15 is 0 Å². The number of hydrogen-bond donors (Lipinski definition) is 2. The predicted octanol–water partition coefficient (Wildman–Crippen LogP) is 3.71. The SMILES string of the molecule is CCC(NC(=O)NCc1ccc(CN(C)C)cc1)c1ccc(OC)cc1. The van der Waals surface area contributed by atoms with Crippen molar-refractivity contribution in [1.82, 2.24) is 15.5 Å². The Hall–Kier alpha value is -2.53. The van der Waals surface area contributed by atoms with Gasteiger partial charge in [0.15, 0.2) is 0 Å². The fraction of sp³-hybridized carbons (Fsp3) is 0.381. The van der Waals surface area contributed by atoms with Crippen LogP contribution < -0.4 is 15.4 Å². The zero-order valence-electron chi connectivity index (χ0n) is 16.1. The van der Waals surface area contributed by atoms with Gasteiger partial charge in [-0.15, -0.1) is 0 Å². The Morgan fingerprint density at radius 3 is 2.19 bits per heavy atom. The van der Waals surface area contributed by atoms with Crippen molar-refractivity contribution in [3.8, 4) is 5.75 Å². The van der Waals surface area contributed by atoms with Crippen molar-refractivity contribution in [2.45, 2.75) is 32.5 Å². The molecule has 0 aromatic heterocycles. The lowest BCUT2D eigenvalue weighted by Crippen LogP contribution is -2.37. The van der Waals surface area contributed by atoms with Crippen LogP contribution in [0, 0.1) is 0 Å². The van der Waals surface area contributed by atoms with Gasteiger partial charge in [0.05, 0.1) is 13.2 Å². The van der Waals surface area contributed by atoms with E-state index in [1.54, 1.807) is 7.11 Å². The van der Waals surface area contributed by atoms with E-state index in [-0.39, 0.29) is 12.1 Å². The number of ether oxygens (including phenoxy) is 1. The van der Waals surface area contributed by atoms with E-state index in [0.717, 1.165) is 29.8 Å². The molecule has 2 aromatic carbocycles. The van der Waals surface area contributed by atoms with Crippen LogP contribution in [0.2, 0.25) is 0 Å². The quantitative estimate of drug-likeness (QED) is 0.759. The first-order valence-corrected chi connectivity index (χ1v) is 8.92. The number of benzene rings is 2. The van der Waals surface area contributed by atoms with Crippen molar-refractivity contribution in [3.05, 3.63) is 65.2 Å². The summed E-state index contributed by atoms with van der Waals surface area (Å²) >= 11 is 0. The van der Waals surface area contributed by atoms with Gasteiger partial charge in [-0.2, -0.15) is 0 Å². The summed E-state index contributed by atoms with van der Waals surface area (Å²) in [5.41, 5.74) is 3.41. The Morgan fingerprint density at radius 2 is 1.65 bits per heavy atom. The summed E-state index contributed by atoms with van der Waals surface area (Å²) in [6, 6.07) is 15.9. The van der Waals surface area contributed by atoms with Gasteiger partial charge in [-0.1, -0.05) is 43.3 Å². The van der Waals surface area contributed by atoms with Gasteiger partial charge in [0.25, 0.3) is 0 Å². The van der Waals surface area contributed by atoms with Gasteiger partial charge in [-0.25, -0.2) is 4.79 Å². The topological polar surface area (TPSA) is 53.6 Å². The van der Waals surface area contributed by atoms with Crippen molar-refractivity contribution in [1.29, 1.82) is 0 Å². The fourth-order valence-corrected chi connectivity index (χ4v) is 2.78. The third kappa shape index (κ3) is 6.08. The Bertz CT molecular complexity index is 681. The van der Waals surface area contributed by atoms with Crippen molar-refractivity contribution in [2.24, 2.45) is 0 Å². The summed E-state index contributed by atoms with van der Waals surface area (Å²) in [5, 5.41) is 5.96. The van der Waals surface area contributed by atoms with Crippen molar-refractivity contribution in [3.63, 3.8) is 0 Å². The first-order valence-electron chi connectivity index (χ1n) is 8.92. The Balaban J connectivity index is 1.86. The molecule has 2 rings (SSSR count). The lowest BCUT2D eigenvalue weighted by atomic mass is 10.0. The van der Waals surface area contributed by atoms with E-state index in [2.05, 4.69) is 46.7 Å². The highest BCUT2D eigenvalue weighted by atomic mass is 16.5. The minimum Gasteiger partial charge on any atom is -0.497 e. The number of methoxy groups -OCH3 is 1.